The minimum absolute atomic E-state index is 0.0452. The Labute approximate surface area is 154 Å². The van der Waals surface area contributed by atoms with Crippen LogP contribution in [0.25, 0.3) is 11.1 Å². The lowest BCUT2D eigenvalue weighted by Gasteiger charge is -2.34. The number of piperazine rings is 1. The molecule has 6 nitrogen and oxygen atoms in total. The summed E-state index contributed by atoms with van der Waals surface area (Å²) in [7, 11) is 0. The SMILES string of the molecule is O=C(CSc1nc2cc(Cl)ccc2o1)N1CCN(C(=O)C2CC2)CC1. The molecule has 0 spiro atoms. The summed E-state index contributed by atoms with van der Waals surface area (Å²) in [5.74, 6) is 0.817. The van der Waals surface area contributed by atoms with Crippen molar-refractivity contribution in [3.8, 4) is 0 Å². The van der Waals surface area contributed by atoms with Crippen molar-refractivity contribution < 1.29 is 14.0 Å². The number of carbonyl (C=O) groups is 2. The van der Waals surface area contributed by atoms with Gasteiger partial charge in [-0.15, -0.1) is 0 Å². The summed E-state index contributed by atoms with van der Waals surface area (Å²) in [6.45, 7) is 2.46. The van der Waals surface area contributed by atoms with Crippen LogP contribution in [0.1, 0.15) is 12.8 Å². The predicted octanol–water partition coefficient (Wildman–Crippen LogP) is 2.65. The zero-order valence-corrected chi connectivity index (χ0v) is 15.2. The van der Waals surface area contributed by atoms with Crippen LogP contribution in [0.4, 0.5) is 0 Å². The van der Waals surface area contributed by atoms with Gasteiger partial charge in [0.1, 0.15) is 5.52 Å². The van der Waals surface area contributed by atoms with E-state index < -0.39 is 0 Å². The van der Waals surface area contributed by atoms with Crippen LogP contribution in [0.2, 0.25) is 5.02 Å². The largest absolute Gasteiger partial charge is 0.431 e. The average Bonchev–Trinajstić information content (AvgIpc) is 3.39. The van der Waals surface area contributed by atoms with Crippen molar-refractivity contribution in [1.29, 1.82) is 0 Å². The second kappa shape index (κ2) is 6.88. The van der Waals surface area contributed by atoms with Gasteiger partial charge in [-0.3, -0.25) is 9.59 Å². The number of benzene rings is 1. The molecule has 4 rings (SSSR count). The smallest absolute Gasteiger partial charge is 0.257 e. The number of fused-ring (bicyclic) bond motifs is 1. The summed E-state index contributed by atoms with van der Waals surface area (Å²) in [5.41, 5.74) is 1.35. The fourth-order valence-electron chi connectivity index (χ4n) is 2.92. The molecule has 1 aliphatic heterocycles. The Bertz CT molecular complexity index is 813. The number of rotatable bonds is 4. The second-order valence-electron chi connectivity index (χ2n) is 6.36. The third kappa shape index (κ3) is 3.77. The molecular formula is C17H18ClN3O3S. The molecule has 0 N–H and O–H groups in total. The van der Waals surface area contributed by atoms with Crippen LogP contribution >= 0.6 is 23.4 Å². The number of hydrogen-bond acceptors (Lipinski definition) is 5. The molecule has 2 aliphatic rings. The number of halogens is 1. The molecule has 1 saturated heterocycles. The van der Waals surface area contributed by atoms with E-state index >= 15 is 0 Å². The normalized spacial score (nSPS) is 18.0. The van der Waals surface area contributed by atoms with Gasteiger partial charge < -0.3 is 14.2 Å². The molecule has 2 fully saturated rings. The fourth-order valence-corrected chi connectivity index (χ4v) is 3.83. The summed E-state index contributed by atoms with van der Waals surface area (Å²) in [6, 6.07) is 5.26. The van der Waals surface area contributed by atoms with Crippen LogP contribution in [-0.2, 0) is 9.59 Å². The number of nitrogens with zero attached hydrogens (tertiary/aromatic N) is 3. The van der Waals surface area contributed by atoms with Crippen LogP contribution in [0.15, 0.2) is 27.8 Å². The first-order chi connectivity index (χ1) is 12.1. The molecule has 132 valence electrons. The molecule has 0 atom stereocenters. The van der Waals surface area contributed by atoms with Gasteiger partial charge in [0, 0.05) is 37.1 Å². The van der Waals surface area contributed by atoms with E-state index in [1.807, 2.05) is 9.80 Å². The van der Waals surface area contributed by atoms with Gasteiger partial charge in [-0.25, -0.2) is 4.98 Å². The number of thioether (sulfide) groups is 1. The minimum Gasteiger partial charge on any atom is -0.431 e. The Kier molecular flexibility index (Phi) is 4.60. The molecule has 2 aromatic rings. The molecule has 1 aliphatic carbocycles. The number of aromatic nitrogens is 1. The van der Waals surface area contributed by atoms with E-state index in [1.165, 1.54) is 11.8 Å². The second-order valence-corrected chi connectivity index (χ2v) is 7.72. The van der Waals surface area contributed by atoms with Crippen molar-refractivity contribution in [3.63, 3.8) is 0 Å². The third-order valence-electron chi connectivity index (χ3n) is 4.52. The lowest BCUT2D eigenvalue weighted by Crippen LogP contribution is -2.51. The topological polar surface area (TPSA) is 66.7 Å². The van der Waals surface area contributed by atoms with Gasteiger partial charge in [-0.2, -0.15) is 0 Å². The molecule has 0 bridgehead atoms. The molecule has 0 radical (unpaired) electrons. The highest BCUT2D eigenvalue weighted by Gasteiger charge is 2.35. The summed E-state index contributed by atoms with van der Waals surface area (Å²) in [5, 5.41) is 1.07. The van der Waals surface area contributed by atoms with Gasteiger partial charge in [0.25, 0.3) is 5.22 Å². The van der Waals surface area contributed by atoms with Crippen LogP contribution in [-0.4, -0.2) is 58.5 Å². The molecule has 2 amide bonds. The Hall–Kier alpha value is -1.73. The van der Waals surface area contributed by atoms with Crippen molar-refractivity contribution >= 4 is 46.3 Å². The van der Waals surface area contributed by atoms with Crippen LogP contribution in [0.3, 0.4) is 0 Å². The Morgan fingerprint density at radius 3 is 2.64 bits per heavy atom. The first kappa shape index (κ1) is 16.7. The maximum Gasteiger partial charge on any atom is 0.257 e. The first-order valence-electron chi connectivity index (χ1n) is 8.35. The molecule has 1 aromatic carbocycles. The Balaban J connectivity index is 1.29. The number of carbonyl (C=O) groups excluding carboxylic acids is 2. The maximum absolute atomic E-state index is 12.4. The van der Waals surface area contributed by atoms with E-state index in [4.69, 9.17) is 16.0 Å². The lowest BCUT2D eigenvalue weighted by atomic mass is 10.2. The highest BCUT2D eigenvalue weighted by atomic mass is 35.5. The predicted molar refractivity (Wildman–Crippen MR) is 95.6 cm³/mol. The quantitative estimate of drug-likeness (QED) is 0.764. The van der Waals surface area contributed by atoms with Crippen LogP contribution in [0, 0.1) is 5.92 Å². The van der Waals surface area contributed by atoms with Crippen LogP contribution < -0.4 is 0 Å². The zero-order chi connectivity index (χ0) is 17.4. The summed E-state index contributed by atoms with van der Waals surface area (Å²) >= 11 is 7.22. The standard InChI is InChI=1S/C17H18ClN3O3S/c18-12-3-4-14-13(9-12)19-17(24-14)25-10-15(22)20-5-7-21(8-6-20)16(23)11-1-2-11/h3-4,9,11H,1-2,5-8,10H2. The molecule has 1 saturated carbocycles. The van der Waals surface area contributed by atoms with Crippen molar-refractivity contribution in [2.75, 3.05) is 31.9 Å². The van der Waals surface area contributed by atoms with E-state index in [0.717, 1.165) is 12.8 Å². The Morgan fingerprint density at radius 2 is 1.92 bits per heavy atom. The van der Waals surface area contributed by atoms with Gasteiger partial charge >= 0.3 is 0 Å². The van der Waals surface area contributed by atoms with E-state index in [0.29, 0.717) is 47.5 Å². The van der Waals surface area contributed by atoms with Gasteiger partial charge in [0.2, 0.25) is 11.8 Å². The highest BCUT2D eigenvalue weighted by Crippen LogP contribution is 2.31. The van der Waals surface area contributed by atoms with Gasteiger partial charge in [0.15, 0.2) is 5.58 Å². The maximum atomic E-state index is 12.4. The molecule has 1 aromatic heterocycles. The number of amides is 2. The Morgan fingerprint density at radius 1 is 1.20 bits per heavy atom. The molecule has 25 heavy (non-hydrogen) atoms. The molecule has 2 heterocycles. The van der Waals surface area contributed by atoms with Gasteiger partial charge in [-0.05, 0) is 31.0 Å². The number of oxazole rings is 1. The van der Waals surface area contributed by atoms with Gasteiger partial charge in [0.05, 0.1) is 5.75 Å². The van der Waals surface area contributed by atoms with Crippen molar-refractivity contribution in [1.82, 2.24) is 14.8 Å². The van der Waals surface area contributed by atoms with E-state index in [2.05, 4.69) is 4.98 Å². The zero-order valence-electron chi connectivity index (χ0n) is 13.6. The lowest BCUT2D eigenvalue weighted by molar-refractivity contribution is -0.139. The third-order valence-corrected chi connectivity index (χ3v) is 5.57. The van der Waals surface area contributed by atoms with Crippen molar-refractivity contribution in [2.24, 2.45) is 5.92 Å². The molecule has 0 unspecified atom stereocenters. The highest BCUT2D eigenvalue weighted by molar-refractivity contribution is 7.99. The van der Waals surface area contributed by atoms with Gasteiger partial charge in [-0.1, -0.05) is 23.4 Å². The van der Waals surface area contributed by atoms with E-state index in [-0.39, 0.29) is 23.5 Å². The minimum atomic E-state index is 0.0452. The van der Waals surface area contributed by atoms with E-state index in [9.17, 15) is 9.59 Å². The number of hydrogen-bond donors (Lipinski definition) is 0. The molecular weight excluding hydrogens is 362 g/mol. The van der Waals surface area contributed by atoms with E-state index in [1.54, 1.807) is 18.2 Å². The average molecular weight is 380 g/mol. The fraction of sp³-hybridized carbons (Fsp3) is 0.471. The summed E-state index contributed by atoms with van der Waals surface area (Å²) in [6.07, 6.45) is 2.04. The first-order valence-corrected chi connectivity index (χ1v) is 9.72. The van der Waals surface area contributed by atoms with Crippen molar-refractivity contribution in [3.05, 3.63) is 23.2 Å². The van der Waals surface area contributed by atoms with Crippen LogP contribution in [0.5, 0.6) is 0 Å². The summed E-state index contributed by atoms with van der Waals surface area (Å²) in [4.78, 5) is 32.5. The monoisotopic (exact) mass is 379 g/mol. The summed E-state index contributed by atoms with van der Waals surface area (Å²) < 4.78 is 5.61. The van der Waals surface area contributed by atoms with Crippen molar-refractivity contribution in [2.45, 2.75) is 18.1 Å². The molecule has 8 heteroatoms.